The van der Waals surface area contributed by atoms with Gasteiger partial charge in [0, 0.05) is 5.92 Å². The molecule has 0 N–H and O–H groups in total. The summed E-state index contributed by atoms with van der Waals surface area (Å²) in [5.74, 6) is -1.65. The predicted molar refractivity (Wildman–Crippen MR) is 83.6 cm³/mol. The average Bonchev–Trinajstić information content (AvgIpc) is 2.56. The monoisotopic (exact) mass is 390 g/mol. The third kappa shape index (κ3) is 3.43. The highest BCUT2D eigenvalue weighted by molar-refractivity contribution is 5.43. The van der Waals surface area contributed by atoms with E-state index in [-0.39, 0.29) is 0 Å². The van der Waals surface area contributed by atoms with E-state index in [1.807, 2.05) is 0 Å². The fraction of sp³-hybridized carbons (Fsp3) is 0.667. The molecular weight excluding hydrogens is 368 g/mol. The van der Waals surface area contributed by atoms with Crippen molar-refractivity contribution in [2.75, 3.05) is 6.67 Å². The minimum Gasteiger partial charge on any atom is -0.251 e. The van der Waals surface area contributed by atoms with Crippen LogP contribution in [0.4, 0.5) is 35.1 Å². The molecule has 4 unspecified atom stereocenters. The van der Waals surface area contributed by atoms with Gasteiger partial charge in [0.15, 0.2) is 0 Å². The van der Waals surface area contributed by atoms with Gasteiger partial charge in [-0.2, -0.15) is 26.3 Å². The summed E-state index contributed by atoms with van der Waals surface area (Å²) in [7, 11) is 0. The molecule has 0 bridgehead atoms. The van der Waals surface area contributed by atoms with E-state index in [2.05, 4.69) is 0 Å². The SMILES string of the molecule is CCC(F)C(C)(c1ccccc1C(C)(C(C)CF)C(F)(F)F)C(F)(F)F. The third-order valence-corrected chi connectivity index (χ3v) is 5.43. The maximum atomic E-state index is 14.4. The number of hydrogen-bond donors (Lipinski definition) is 0. The van der Waals surface area contributed by atoms with E-state index in [1.54, 1.807) is 0 Å². The molecule has 0 radical (unpaired) electrons. The van der Waals surface area contributed by atoms with Gasteiger partial charge >= 0.3 is 12.4 Å². The molecule has 0 spiro atoms. The highest BCUT2D eigenvalue weighted by Gasteiger charge is 2.62. The quantitative estimate of drug-likeness (QED) is 0.475. The van der Waals surface area contributed by atoms with E-state index in [0.29, 0.717) is 13.8 Å². The van der Waals surface area contributed by atoms with Crippen LogP contribution in [-0.4, -0.2) is 25.2 Å². The number of benzene rings is 1. The van der Waals surface area contributed by atoms with Crippen LogP contribution < -0.4 is 0 Å². The van der Waals surface area contributed by atoms with Crippen molar-refractivity contribution in [3.05, 3.63) is 35.4 Å². The van der Waals surface area contributed by atoms with Crippen LogP contribution in [0, 0.1) is 5.92 Å². The summed E-state index contributed by atoms with van der Waals surface area (Å²) >= 11 is 0. The van der Waals surface area contributed by atoms with Gasteiger partial charge in [0.05, 0.1) is 12.1 Å². The zero-order valence-corrected chi connectivity index (χ0v) is 14.9. The van der Waals surface area contributed by atoms with Crippen LogP contribution in [0.5, 0.6) is 0 Å². The number of halogens is 8. The van der Waals surface area contributed by atoms with Crippen molar-refractivity contribution in [1.82, 2.24) is 0 Å². The van der Waals surface area contributed by atoms with Gasteiger partial charge in [0.1, 0.15) is 11.6 Å². The molecule has 0 aromatic heterocycles. The third-order valence-electron chi connectivity index (χ3n) is 5.43. The lowest BCUT2D eigenvalue weighted by atomic mass is 9.65. The van der Waals surface area contributed by atoms with E-state index in [4.69, 9.17) is 0 Å². The van der Waals surface area contributed by atoms with E-state index in [0.717, 1.165) is 31.2 Å². The molecule has 4 atom stereocenters. The molecule has 0 nitrogen and oxygen atoms in total. The van der Waals surface area contributed by atoms with Crippen molar-refractivity contribution < 1.29 is 35.1 Å². The Balaban J connectivity index is 3.89. The zero-order valence-electron chi connectivity index (χ0n) is 14.9. The van der Waals surface area contributed by atoms with Gasteiger partial charge in [0.2, 0.25) is 0 Å². The van der Waals surface area contributed by atoms with E-state index >= 15 is 0 Å². The van der Waals surface area contributed by atoms with Crippen LogP contribution in [0.1, 0.15) is 45.2 Å². The molecule has 150 valence electrons. The van der Waals surface area contributed by atoms with Crippen LogP contribution in [0.25, 0.3) is 0 Å². The van der Waals surface area contributed by atoms with Crippen molar-refractivity contribution in [2.45, 2.75) is 63.5 Å². The lowest BCUT2D eigenvalue weighted by Crippen LogP contribution is -2.52. The summed E-state index contributed by atoms with van der Waals surface area (Å²) < 4.78 is 110. The Bertz CT molecular complexity index is 553. The summed E-state index contributed by atoms with van der Waals surface area (Å²) in [6, 6.07) is 3.99. The molecule has 1 aromatic rings. The summed E-state index contributed by atoms with van der Waals surface area (Å²) in [5, 5.41) is 0. The fourth-order valence-corrected chi connectivity index (χ4v) is 3.15. The van der Waals surface area contributed by atoms with Crippen LogP contribution in [-0.2, 0) is 10.8 Å². The van der Waals surface area contributed by atoms with Gasteiger partial charge in [-0.1, -0.05) is 38.1 Å². The normalized spacial score (nSPS) is 20.2. The van der Waals surface area contributed by atoms with Gasteiger partial charge < -0.3 is 0 Å². The van der Waals surface area contributed by atoms with Gasteiger partial charge in [0.25, 0.3) is 0 Å². The second-order valence-corrected chi connectivity index (χ2v) is 6.88. The molecular formula is C18H22F8. The van der Waals surface area contributed by atoms with Gasteiger partial charge in [-0.05, 0) is 31.4 Å². The molecule has 0 saturated heterocycles. The number of alkyl halides is 8. The Morgan fingerprint density at radius 1 is 0.846 bits per heavy atom. The van der Waals surface area contributed by atoms with Gasteiger partial charge in [-0.15, -0.1) is 0 Å². The highest BCUT2D eigenvalue weighted by atomic mass is 19.4. The van der Waals surface area contributed by atoms with Crippen molar-refractivity contribution in [3.8, 4) is 0 Å². The first-order valence-corrected chi connectivity index (χ1v) is 8.13. The van der Waals surface area contributed by atoms with E-state index in [9.17, 15) is 35.1 Å². The summed E-state index contributed by atoms with van der Waals surface area (Å²) in [6.07, 6.45) is -13.2. The zero-order chi connectivity index (χ0) is 20.6. The maximum Gasteiger partial charge on any atom is 0.400 e. The molecule has 8 heteroatoms. The molecule has 0 heterocycles. The number of hydrogen-bond acceptors (Lipinski definition) is 0. The molecule has 0 saturated carbocycles. The van der Waals surface area contributed by atoms with Crippen molar-refractivity contribution >= 4 is 0 Å². The molecule has 0 aliphatic heterocycles. The highest BCUT2D eigenvalue weighted by Crippen LogP contribution is 2.53. The van der Waals surface area contributed by atoms with Gasteiger partial charge in [-0.3, -0.25) is 4.39 Å². The minimum atomic E-state index is -5.13. The van der Waals surface area contributed by atoms with Gasteiger partial charge in [-0.25, -0.2) is 4.39 Å². The molecule has 0 amide bonds. The Hall–Kier alpha value is -1.34. The molecule has 26 heavy (non-hydrogen) atoms. The summed E-state index contributed by atoms with van der Waals surface area (Å²) in [6.45, 7) is 1.98. The van der Waals surface area contributed by atoms with Crippen LogP contribution >= 0.6 is 0 Å². The van der Waals surface area contributed by atoms with Crippen LogP contribution in [0.15, 0.2) is 24.3 Å². The second-order valence-electron chi connectivity index (χ2n) is 6.88. The standard InChI is InChI=1S/C18H22F8/c1-5-14(20)16(4,18(24,25)26)13-9-7-6-8-12(13)15(3,11(2)10-19)17(21,22)23/h6-9,11,14H,5,10H2,1-4H3. The number of rotatable bonds is 6. The smallest absolute Gasteiger partial charge is 0.251 e. The Labute approximate surface area is 147 Å². The first-order valence-electron chi connectivity index (χ1n) is 8.13. The summed E-state index contributed by atoms with van der Waals surface area (Å²) in [4.78, 5) is 0. The second kappa shape index (κ2) is 7.35. The predicted octanol–water partition coefficient (Wildman–Crippen LogP) is 6.68. The molecule has 1 aromatic carbocycles. The van der Waals surface area contributed by atoms with E-state index in [1.165, 1.54) is 6.92 Å². The van der Waals surface area contributed by atoms with Crippen molar-refractivity contribution in [1.29, 1.82) is 0 Å². The first kappa shape index (κ1) is 22.7. The van der Waals surface area contributed by atoms with Crippen LogP contribution in [0.2, 0.25) is 0 Å². The van der Waals surface area contributed by atoms with E-state index < -0.39 is 59.5 Å². The largest absolute Gasteiger partial charge is 0.400 e. The van der Waals surface area contributed by atoms with Crippen molar-refractivity contribution in [2.24, 2.45) is 5.92 Å². The summed E-state index contributed by atoms with van der Waals surface area (Å²) in [5.41, 5.74) is -7.63. The Morgan fingerprint density at radius 2 is 1.23 bits per heavy atom. The maximum absolute atomic E-state index is 14.4. The lowest BCUT2D eigenvalue weighted by Gasteiger charge is -2.43. The topological polar surface area (TPSA) is 0 Å². The Morgan fingerprint density at radius 3 is 1.54 bits per heavy atom. The van der Waals surface area contributed by atoms with Crippen molar-refractivity contribution in [3.63, 3.8) is 0 Å². The molecule has 0 aliphatic carbocycles. The fourth-order valence-electron chi connectivity index (χ4n) is 3.15. The molecule has 1 rings (SSSR count). The van der Waals surface area contributed by atoms with Crippen LogP contribution in [0.3, 0.4) is 0 Å². The molecule has 0 fully saturated rings. The average molecular weight is 390 g/mol. The molecule has 0 aliphatic rings. The lowest BCUT2D eigenvalue weighted by molar-refractivity contribution is -0.211. The first-order chi connectivity index (χ1) is 11.7. The minimum absolute atomic E-state index is 0.536. The Kier molecular flexibility index (Phi) is 6.42.